The van der Waals surface area contributed by atoms with E-state index in [1.165, 1.54) is 244 Å². The molecular weight excluding hydrogens is 737 g/mol. The van der Waals surface area contributed by atoms with Gasteiger partial charge in [-0.2, -0.15) is 0 Å². The van der Waals surface area contributed by atoms with Crippen molar-refractivity contribution in [3.05, 3.63) is 0 Å². The van der Waals surface area contributed by atoms with Crippen LogP contribution in [0.3, 0.4) is 0 Å². The van der Waals surface area contributed by atoms with Gasteiger partial charge in [0.05, 0.1) is 6.61 Å². The Bertz CT molecular complexity index is 841. The molecule has 0 bridgehead atoms. The molecule has 0 aromatic rings. The number of rotatable bonds is 51. The molecule has 0 rings (SSSR count). The van der Waals surface area contributed by atoms with Crippen LogP contribution in [0.25, 0.3) is 0 Å². The summed E-state index contributed by atoms with van der Waals surface area (Å²) < 4.78 is 11.9. The molecule has 0 saturated heterocycles. The van der Waals surface area contributed by atoms with E-state index in [4.69, 9.17) is 9.47 Å². The Morgan fingerprint density at radius 1 is 0.300 bits per heavy atom. The van der Waals surface area contributed by atoms with E-state index < -0.39 is 0 Å². The summed E-state index contributed by atoms with van der Waals surface area (Å²) >= 11 is 0. The van der Waals surface area contributed by atoms with Crippen molar-refractivity contribution < 1.29 is 19.1 Å². The second-order valence-electron chi connectivity index (χ2n) is 19.4. The minimum absolute atomic E-state index is 0.0265. The average Bonchev–Trinajstić information content (AvgIpc) is 3.25. The lowest BCUT2D eigenvalue weighted by Gasteiger charge is -2.18. The molecule has 60 heavy (non-hydrogen) atoms. The lowest BCUT2D eigenvalue weighted by molar-refractivity contribution is -0.150. The van der Waals surface area contributed by atoms with Gasteiger partial charge in [0.2, 0.25) is 0 Å². The number of esters is 2. The Morgan fingerprint density at radius 2 is 0.550 bits per heavy atom. The molecule has 0 aliphatic rings. The minimum atomic E-state index is 0.0265. The highest BCUT2D eigenvalue weighted by Crippen LogP contribution is 2.22. The lowest BCUT2D eigenvalue weighted by Crippen LogP contribution is -2.18. The third-order valence-corrected chi connectivity index (χ3v) is 13.2. The molecule has 0 aliphatic carbocycles. The molecule has 0 spiro atoms. The highest BCUT2D eigenvalue weighted by atomic mass is 16.5. The zero-order valence-corrected chi connectivity index (χ0v) is 41.7. The summed E-state index contributed by atoms with van der Waals surface area (Å²) in [6, 6.07) is 0. The highest BCUT2D eigenvalue weighted by Gasteiger charge is 2.15. The van der Waals surface area contributed by atoms with Crippen molar-refractivity contribution in [2.75, 3.05) is 6.61 Å². The van der Waals surface area contributed by atoms with Crippen molar-refractivity contribution in [1.29, 1.82) is 0 Å². The molecule has 2 unspecified atom stereocenters. The molecule has 0 aliphatic heterocycles. The van der Waals surface area contributed by atoms with E-state index in [-0.39, 0.29) is 18.0 Å². The van der Waals surface area contributed by atoms with Gasteiger partial charge in [-0.3, -0.25) is 9.59 Å². The maximum absolute atomic E-state index is 12.8. The summed E-state index contributed by atoms with van der Waals surface area (Å²) in [6.45, 7) is 9.76. The number of unbranched alkanes of at least 4 members (excludes halogenated alkanes) is 36. The van der Waals surface area contributed by atoms with E-state index in [0.29, 0.717) is 25.4 Å². The zero-order chi connectivity index (χ0) is 43.7. The Hall–Kier alpha value is -1.06. The second kappa shape index (κ2) is 50.6. The molecular formula is C56H110O4. The molecule has 0 N–H and O–H groups in total. The van der Waals surface area contributed by atoms with Gasteiger partial charge in [0.15, 0.2) is 0 Å². The van der Waals surface area contributed by atoms with Crippen molar-refractivity contribution in [1.82, 2.24) is 0 Å². The minimum Gasteiger partial charge on any atom is -0.465 e. The van der Waals surface area contributed by atoms with E-state index in [1.807, 2.05) is 0 Å². The maximum Gasteiger partial charge on any atom is 0.306 e. The van der Waals surface area contributed by atoms with Crippen molar-refractivity contribution >= 4 is 11.9 Å². The van der Waals surface area contributed by atoms with Crippen molar-refractivity contribution in [2.24, 2.45) is 5.92 Å². The Kier molecular flexibility index (Phi) is 49.7. The van der Waals surface area contributed by atoms with Gasteiger partial charge in [0, 0.05) is 12.8 Å². The van der Waals surface area contributed by atoms with Gasteiger partial charge in [0.25, 0.3) is 0 Å². The fraction of sp³-hybridized carbons (Fsp3) is 0.964. The molecule has 0 aromatic carbocycles. The van der Waals surface area contributed by atoms with Crippen molar-refractivity contribution in [3.8, 4) is 0 Å². The number of carbonyl (C=O) groups excluding carboxylic acids is 2. The first kappa shape index (κ1) is 58.9. The summed E-state index contributed by atoms with van der Waals surface area (Å²) in [6.07, 6.45) is 59.3. The largest absolute Gasteiger partial charge is 0.465 e. The van der Waals surface area contributed by atoms with E-state index in [2.05, 4.69) is 27.7 Å². The van der Waals surface area contributed by atoms with Crippen LogP contribution < -0.4 is 0 Å². The third-order valence-electron chi connectivity index (χ3n) is 13.2. The van der Waals surface area contributed by atoms with E-state index in [0.717, 1.165) is 44.9 Å². The molecule has 4 heteroatoms. The molecule has 358 valence electrons. The van der Waals surface area contributed by atoms with Crippen LogP contribution in [0.1, 0.15) is 329 Å². The first-order chi connectivity index (χ1) is 29.6. The van der Waals surface area contributed by atoms with Crippen LogP contribution in [-0.4, -0.2) is 24.6 Å². The predicted molar refractivity (Wildman–Crippen MR) is 264 cm³/mol. The molecule has 0 fully saturated rings. The summed E-state index contributed by atoms with van der Waals surface area (Å²) in [5.41, 5.74) is 0. The molecule has 0 saturated carbocycles. The van der Waals surface area contributed by atoms with Crippen LogP contribution in [0.15, 0.2) is 0 Å². The van der Waals surface area contributed by atoms with Crippen LogP contribution in [-0.2, 0) is 19.1 Å². The predicted octanol–water partition coefficient (Wildman–Crippen LogP) is 19.5. The summed E-state index contributed by atoms with van der Waals surface area (Å²) in [7, 11) is 0. The van der Waals surface area contributed by atoms with E-state index in [9.17, 15) is 9.59 Å². The van der Waals surface area contributed by atoms with Gasteiger partial charge in [-0.05, 0) is 57.3 Å². The third kappa shape index (κ3) is 46.4. The number of carbonyl (C=O) groups is 2. The Morgan fingerprint density at radius 3 is 0.883 bits per heavy atom. The topological polar surface area (TPSA) is 52.6 Å². The van der Waals surface area contributed by atoms with Crippen molar-refractivity contribution in [2.45, 2.75) is 336 Å². The van der Waals surface area contributed by atoms with Gasteiger partial charge < -0.3 is 9.47 Å². The molecule has 4 nitrogen and oxygen atoms in total. The van der Waals surface area contributed by atoms with Crippen LogP contribution >= 0.6 is 0 Å². The van der Waals surface area contributed by atoms with Gasteiger partial charge in [-0.1, -0.05) is 265 Å². The first-order valence-electron chi connectivity index (χ1n) is 27.9. The molecule has 2 atom stereocenters. The van der Waals surface area contributed by atoms with Crippen molar-refractivity contribution in [3.63, 3.8) is 0 Å². The standard InChI is InChI=1S/C56H110O4/c1-5-9-13-17-20-22-23-24-25-26-27-28-34-39-45-51-56(58)60-54(48-42-16-12-8-4)49-43-37-32-29-30-33-38-44-50-55(57)59-52-53(46-40-35-19-15-11-7-3)47-41-36-31-21-18-14-10-6-2/h53-54H,5-52H2,1-4H3. The van der Waals surface area contributed by atoms with Gasteiger partial charge in [0.1, 0.15) is 6.10 Å². The van der Waals surface area contributed by atoms with Gasteiger partial charge in [-0.15, -0.1) is 0 Å². The molecule has 0 amide bonds. The fourth-order valence-corrected chi connectivity index (χ4v) is 9.02. The second-order valence-corrected chi connectivity index (χ2v) is 19.4. The van der Waals surface area contributed by atoms with E-state index >= 15 is 0 Å². The highest BCUT2D eigenvalue weighted by molar-refractivity contribution is 5.69. The molecule has 0 radical (unpaired) electrons. The van der Waals surface area contributed by atoms with Crippen LogP contribution in [0.2, 0.25) is 0 Å². The smallest absolute Gasteiger partial charge is 0.306 e. The number of ether oxygens (including phenoxy) is 2. The number of hydrogen-bond donors (Lipinski definition) is 0. The normalized spacial score (nSPS) is 12.5. The average molecular weight is 847 g/mol. The van der Waals surface area contributed by atoms with Crippen LogP contribution in [0.4, 0.5) is 0 Å². The van der Waals surface area contributed by atoms with Crippen LogP contribution in [0.5, 0.6) is 0 Å². The Labute approximate surface area is 377 Å². The SMILES string of the molecule is CCCCCCCCCCCCCCCCCC(=O)OC(CCCCCC)CCCCCCCCCCC(=O)OCC(CCCCCCCC)CCCCCCCCCC. The van der Waals surface area contributed by atoms with E-state index in [1.54, 1.807) is 0 Å². The zero-order valence-electron chi connectivity index (χ0n) is 41.7. The maximum atomic E-state index is 12.8. The summed E-state index contributed by atoms with van der Waals surface area (Å²) in [5.74, 6) is 0.617. The van der Waals surface area contributed by atoms with Gasteiger partial charge in [-0.25, -0.2) is 0 Å². The molecule has 0 heterocycles. The number of hydrogen-bond acceptors (Lipinski definition) is 4. The first-order valence-corrected chi connectivity index (χ1v) is 27.9. The van der Waals surface area contributed by atoms with Gasteiger partial charge >= 0.3 is 11.9 Å². The molecule has 0 aromatic heterocycles. The Balaban J connectivity index is 4.08. The summed E-state index contributed by atoms with van der Waals surface area (Å²) in [5, 5.41) is 0. The monoisotopic (exact) mass is 847 g/mol. The summed E-state index contributed by atoms with van der Waals surface area (Å²) in [4.78, 5) is 25.4. The van der Waals surface area contributed by atoms with Crippen LogP contribution in [0, 0.1) is 5.92 Å². The lowest BCUT2D eigenvalue weighted by atomic mass is 9.94. The quantitative estimate of drug-likeness (QED) is 0.0452. The fourth-order valence-electron chi connectivity index (χ4n) is 9.02.